The van der Waals surface area contributed by atoms with Crippen LogP contribution in [0, 0.1) is 0 Å². The second-order valence-corrected chi connectivity index (χ2v) is 8.59. The molecule has 1 amide bonds. The summed E-state index contributed by atoms with van der Waals surface area (Å²) < 4.78 is 22.0. The molecule has 0 spiro atoms. The topological polar surface area (TPSA) is 60.5 Å². The van der Waals surface area contributed by atoms with E-state index >= 15 is 0 Å². The number of nitrogens with zero attached hydrogens (tertiary/aromatic N) is 2. The summed E-state index contributed by atoms with van der Waals surface area (Å²) in [5.41, 5.74) is 2.12. The van der Waals surface area contributed by atoms with Crippen LogP contribution in [0.25, 0.3) is 0 Å². The average Bonchev–Trinajstić information content (AvgIpc) is 3.53. The van der Waals surface area contributed by atoms with Crippen molar-refractivity contribution in [3.05, 3.63) is 47.5 Å². The standard InChI is InChI=1S/C26H34N2O5/c1-30-18-10-12-24(32-3)21(15-18)23-8-6-14-28(23)26(29)17-27-13-5-7-22(27)20-11-9-19(31-2)16-25(20)33-4/h9-12,15-16,22-23H,5-8,13-14,17H2,1-4H3/t22-,23-/m1/s1. The van der Waals surface area contributed by atoms with Crippen LogP contribution in [0.2, 0.25) is 0 Å². The fraction of sp³-hybridized carbons (Fsp3) is 0.500. The van der Waals surface area contributed by atoms with Gasteiger partial charge in [0.25, 0.3) is 0 Å². The Hall–Kier alpha value is -2.93. The van der Waals surface area contributed by atoms with Gasteiger partial charge in [-0.3, -0.25) is 9.69 Å². The number of rotatable bonds is 8. The van der Waals surface area contributed by atoms with E-state index in [4.69, 9.17) is 18.9 Å². The Labute approximate surface area is 196 Å². The van der Waals surface area contributed by atoms with Crippen molar-refractivity contribution < 1.29 is 23.7 Å². The SMILES string of the molecule is COc1ccc([C@H]2CCCN2CC(=O)N2CCC[C@@H]2c2cc(OC)ccc2OC)c(OC)c1. The van der Waals surface area contributed by atoms with Crippen LogP contribution in [-0.2, 0) is 4.79 Å². The minimum absolute atomic E-state index is 0.000810. The first kappa shape index (κ1) is 23.2. The maximum absolute atomic E-state index is 13.5. The summed E-state index contributed by atoms with van der Waals surface area (Å²) >= 11 is 0. The molecule has 2 heterocycles. The van der Waals surface area contributed by atoms with Gasteiger partial charge in [0.1, 0.15) is 23.0 Å². The van der Waals surface area contributed by atoms with Gasteiger partial charge in [-0.05, 0) is 56.5 Å². The summed E-state index contributed by atoms with van der Waals surface area (Å²) in [5, 5.41) is 0. The minimum Gasteiger partial charge on any atom is -0.497 e. The van der Waals surface area contributed by atoms with Gasteiger partial charge in [0.15, 0.2) is 0 Å². The summed E-state index contributed by atoms with van der Waals surface area (Å²) in [4.78, 5) is 17.8. The Bertz CT molecular complexity index is 979. The molecular formula is C26H34N2O5. The first-order valence-electron chi connectivity index (χ1n) is 11.6. The number of carbonyl (C=O) groups excluding carboxylic acids is 1. The van der Waals surface area contributed by atoms with Crippen molar-refractivity contribution in [2.75, 3.05) is 48.1 Å². The fourth-order valence-electron chi connectivity index (χ4n) is 5.21. The van der Waals surface area contributed by atoms with Gasteiger partial charge < -0.3 is 23.8 Å². The number of hydrogen-bond donors (Lipinski definition) is 0. The molecule has 2 aromatic carbocycles. The predicted molar refractivity (Wildman–Crippen MR) is 126 cm³/mol. The van der Waals surface area contributed by atoms with E-state index in [1.807, 2.05) is 35.2 Å². The maximum atomic E-state index is 13.5. The number of carbonyl (C=O) groups is 1. The molecule has 0 aliphatic carbocycles. The highest BCUT2D eigenvalue weighted by atomic mass is 16.5. The lowest BCUT2D eigenvalue weighted by atomic mass is 10.0. The van der Waals surface area contributed by atoms with Gasteiger partial charge in [0, 0.05) is 29.8 Å². The van der Waals surface area contributed by atoms with Crippen molar-refractivity contribution in [3.63, 3.8) is 0 Å². The van der Waals surface area contributed by atoms with Gasteiger partial charge in [0.2, 0.25) is 5.91 Å². The lowest BCUT2D eigenvalue weighted by Gasteiger charge is -2.31. The maximum Gasteiger partial charge on any atom is 0.237 e. The third-order valence-electron chi connectivity index (χ3n) is 6.87. The van der Waals surface area contributed by atoms with Crippen molar-refractivity contribution >= 4 is 5.91 Å². The third kappa shape index (κ3) is 4.74. The normalized spacial score (nSPS) is 20.7. The van der Waals surface area contributed by atoms with E-state index in [0.717, 1.165) is 72.9 Å². The molecule has 4 rings (SSSR count). The molecule has 7 nitrogen and oxygen atoms in total. The second-order valence-electron chi connectivity index (χ2n) is 8.59. The van der Waals surface area contributed by atoms with E-state index in [0.29, 0.717) is 6.54 Å². The van der Waals surface area contributed by atoms with Crippen LogP contribution in [0.5, 0.6) is 23.0 Å². The van der Waals surface area contributed by atoms with Gasteiger partial charge in [-0.1, -0.05) is 6.07 Å². The molecule has 0 N–H and O–H groups in total. The van der Waals surface area contributed by atoms with Gasteiger partial charge in [0.05, 0.1) is 41.0 Å². The first-order valence-corrected chi connectivity index (χ1v) is 11.6. The zero-order valence-electron chi connectivity index (χ0n) is 20.0. The average molecular weight is 455 g/mol. The zero-order chi connectivity index (χ0) is 23.4. The summed E-state index contributed by atoms with van der Waals surface area (Å²) in [6.45, 7) is 2.05. The number of methoxy groups -OCH3 is 4. The lowest BCUT2D eigenvalue weighted by Crippen LogP contribution is -2.40. The van der Waals surface area contributed by atoms with Crippen LogP contribution in [0.15, 0.2) is 36.4 Å². The molecule has 2 fully saturated rings. The highest BCUT2D eigenvalue weighted by Gasteiger charge is 2.36. The molecule has 33 heavy (non-hydrogen) atoms. The number of hydrogen-bond acceptors (Lipinski definition) is 6. The molecule has 0 bridgehead atoms. The van der Waals surface area contributed by atoms with Crippen LogP contribution in [-0.4, -0.2) is 63.8 Å². The first-order chi connectivity index (χ1) is 16.1. The Morgan fingerprint density at radius 3 is 2.18 bits per heavy atom. The van der Waals surface area contributed by atoms with Crippen LogP contribution < -0.4 is 18.9 Å². The number of amides is 1. The molecule has 0 radical (unpaired) electrons. The molecule has 178 valence electrons. The molecule has 2 aliphatic heterocycles. The van der Waals surface area contributed by atoms with Gasteiger partial charge >= 0.3 is 0 Å². The number of likely N-dealkylation sites (tertiary alicyclic amines) is 2. The van der Waals surface area contributed by atoms with E-state index in [1.165, 1.54) is 0 Å². The van der Waals surface area contributed by atoms with Crippen molar-refractivity contribution in [2.24, 2.45) is 0 Å². The largest absolute Gasteiger partial charge is 0.497 e. The molecule has 7 heteroatoms. The predicted octanol–water partition coefficient (Wildman–Crippen LogP) is 4.22. The van der Waals surface area contributed by atoms with Gasteiger partial charge in [-0.15, -0.1) is 0 Å². The van der Waals surface area contributed by atoms with Crippen LogP contribution in [0.1, 0.15) is 48.9 Å². The monoisotopic (exact) mass is 454 g/mol. The van der Waals surface area contributed by atoms with Gasteiger partial charge in [-0.25, -0.2) is 0 Å². The van der Waals surface area contributed by atoms with E-state index in [1.54, 1.807) is 28.4 Å². The number of ether oxygens (including phenoxy) is 4. The molecule has 0 saturated carbocycles. The quantitative estimate of drug-likeness (QED) is 0.595. The Morgan fingerprint density at radius 1 is 0.788 bits per heavy atom. The Morgan fingerprint density at radius 2 is 1.45 bits per heavy atom. The molecule has 2 atom stereocenters. The minimum atomic E-state index is -0.000810. The Kier molecular flexibility index (Phi) is 7.28. The summed E-state index contributed by atoms with van der Waals surface area (Å²) in [6.07, 6.45) is 3.96. The van der Waals surface area contributed by atoms with Crippen LogP contribution in [0.3, 0.4) is 0 Å². The summed E-state index contributed by atoms with van der Waals surface area (Å²) in [5.74, 6) is 3.29. The lowest BCUT2D eigenvalue weighted by molar-refractivity contribution is -0.133. The Balaban J connectivity index is 1.53. The van der Waals surface area contributed by atoms with Crippen molar-refractivity contribution in [1.82, 2.24) is 9.80 Å². The van der Waals surface area contributed by atoms with Crippen LogP contribution >= 0.6 is 0 Å². The van der Waals surface area contributed by atoms with Crippen molar-refractivity contribution in [2.45, 2.75) is 37.8 Å². The molecule has 2 aliphatic rings. The molecule has 2 saturated heterocycles. The van der Waals surface area contributed by atoms with E-state index in [2.05, 4.69) is 11.0 Å². The summed E-state index contributed by atoms with van der Waals surface area (Å²) in [7, 11) is 6.66. The van der Waals surface area contributed by atoms with E-state index in [-0.39, 0.29) is 18.0 Å². The molecular weight excluding hydrogens is 420 g/mol. The number of benzene rings is 2. The van der Waals surface area contributed by atoms with Crippen molar-refractivity contribution in [3.8, 4) is 23.0 Å². The highest BCUT2D eigenvalue weighted by molar-refractivity contribution is 5.79. The van der Waals surface area contributed by atoms with Crippen LogP contribution in [0.4, 0.5) is 0 Å². The second kappa shape index (κ2) is 10.3. The summed E-state index contributed by atoms with van der Waals surface area (Å²) in [6, 6.07) is 11.9. The smallest absolute Gasteiger partial charge is 0.237 e. The zero-order valence-corrected chi connectivity index (χ0v) is 20.0. The van der Waals surface area contributed by atoms with E-state index in [9.17, 15) is 4.79 Å². The molecule has 0 aromatic heterocycles. The molecule has 2 aromatic rings. The highest BCUT2D eigenvalue weighted by Crippen LogP contribution is 2.41. The van der Waals surface area contributed by atoms with Crippen molar-refractivity contribution in [1.29, 1.82) is 0 Å². The fourth-order valence-corrected chi connectivity index (χ4v) is 5.21. The van der Waals surface area contributed by atoms with Gasteiger partial charge in [-0.2, -0.15) is 0 Å². The molecule has 0 unspecified atom stereocenters. The third-order valence-corrected chi connectivity index (χ3v) is 6.87. The van der Waals surface area contributed by atoms with E-state index < -0.39 is 0 Å².